The molecule has 3 rings (SSSR count). The summed E-state index contributed by atoms with van der Waals surface area (Å²) >= 11 is 0. The van der Waals surface area contributed by atoms with Crippen molar-refractivity contribution >= 4 is 17.6 Å². The third-order valence-corrected chi connectivity index (χ3v) is 4.93. The molecule has 8 heteroatoms. The van der Waals surface area contributed by atoms with Crippen LogP contribution in [0.1, 0.15) is 30.4 Å². The third-order valence-electron chi connectivity index (χ3n) is 4.93. The maximum absolute atomic E-state index is 13.2. The molecule has 0 saturated carbocycles. The first-order valence-electron chi connectivity index (χ1n) is 9.77. The normalized spacial score (nSPS) is 17.3. The number of rotatable bonds is 7. The summed E-state index contributed by atoms with van der Waals surface area (Å²) in [5.74, 6) is -0.445. The fourth-order valence-electron chi connectivity index (χ4n) is 3.27. The van der Waals surface area contributed by atoms with Gasteiger partial charge in [-0.2, -0.15) is 0 Å². The number of hydrogen-bond acceptors (Lipinski definition) is 5. The highest BCUT2D eigenvalue weighted by molar-refractivity contribution is 5.90. The number of nitrogens with one attached hydrogen (secondary N) is 3. The van der Waals surface area contributed by atoms with E-state index in [9.17, 15) is 14.0 Å². The molecular weight excluding hydrogens is 373 g/mol. The van der Waals surface area contributed by atoms with Crippen LogP contribution in [-0.2, 0) is 22.6 Å². The smallest absolute Gasteiger partial charge is 0.243 e. The van der Waals surface area contributed by atoms with E-state index in [-0.39, 0.29) is 36.6 Å². The molecule has 29 heavy (non-hydrogen) atoms. The number of pyridine rings is 1. The zero-order chi connectivity index (χ0) is 20.6. The molecule has 0 bridgehead atoms. The number of nitrogens with zero attached hydrogens (tertiary/aromatic N) is 1. The molecule has 1 saturated heterocycles. The minimum absolute atomic E-state index is 0.193. The fraction of sp³-hybridized carbons (Fsp3) is 0.381. The molecule has 7 nitrogen and oxygen atoms in total. The molecule has 1 fully saturated rings. The number of nitrogen functional groups attached to an aromatic ring is 1. The first-order chi connectivity index (χ1) is 14.0. The number of aromatic nitrogens is 1. The lowest BCUT2D eigenvalue weighted by atomic mass is 10.0. The van der Waals surface area contributed by atoms with Gasteiger partial charge in [0.2, 0.25) is 11.8 Å². The molecule has 1 aromatic carbocycles. The Morgan fingerprint density at radius 3 is 2.59 bits per heavy atom. The number of piperidine rings is 1. The van der Waals surface area contributed by atoms with Gasteiger partial charge in [-0.1, -0.05) is 24.6 Å². The number of nitrogens with two attached hydrogens (primary N) is 1. The van der Waals surface area contributed by atoms with Gasteiger partial charge in [0, 0.05) is 19.2 Å². The maximum atomic E-state index is 13.2. The zero-order valence-corrected chi connectivity index (χ0v) is 16.2. The maximum Gasteiger partial charge on any atom is 0.243 e. The Bertz CT molecular complexity index is 820. The first kappa shape index (κ1) is 20.7. The van der Waals surface area contributed by atoms with Gasteiger partial charge < -0.3 is 21.7 Å². The Morgan fingerprint density at radius 1 is 1.17 bits per heavy atom. The van der Waals surface area contributed by atoms with Crippen LogP contribution in [0.4, 0.5) is 10.2 Å². The van der Waals surface area contributed by atoms with Gasteiger partial charge in [-0.05, 0) is 48.7 Å². The lowest BCUT2D eigenvalue weighted by molar-refractivity contribution is -0.130. The summed E-state index contributed by atoms with van der Waals surface area (Å²) in [6.07, 6.45) is 4.62. The van der Waals surface area contributed by atoms with Crippen molar-refractivity contribution in [1.82, 2.24) is 20.9 Å². The van der Waals surface area contributed by atoms with Gasteiger partial charge in [0.15, 0.2) is 0 Å². The van der Waals surface area contributed by atoms with Gasteiger partial charge in [-0.3, -0.25) is 9.59 Å². The molecule has 2 heterocycles. The summed E-state index contributed by atoms with van der Waals surface area (Å²) in [5.41, 5.74) is 7.14. The van der Waals surface area contributed by atoms with E-state index in [1.54, 1.807) is 30.5 Å². The number of amides is 2. The van der Waals surface area contributed by atoms with E-state index in [4.69, 9.17) is 5.73 Å². The summed E-state index contributed by atoms with van der Waals surface area (Å²) in [7, 11) is 0. The highest BCUT2D eigenvalue weighted by Crippen LogP contribution is 2.10. The fourth-order valence-corrected chi connectivity index (χ4v) is 3.27. The van der Waals surface area contributed by atoms with Crippen LogP contribution >= 0.6 is 0 Å². The summed E-state index contributed by atoms with van der Waals surface area (Å²) in [5, 5.41) is 8.87. The first-order valence-corrected chi connectivity index (χ1v) is 9.77. The molecule has 0 unspecified atom stereocenters. The Kier molecular flexibility index (Phi) is 7.13. The number of benzene rings is 1. The quantitative estimate of drug-likeness (QED) is 0.561. The molecule has 1 aromatic heterocycles. The topological polar surface area (TPSA) is 109 Å². The van der Waals surface area contributed by atoms with Crippen LogP contribution in [0, 0.1) is 5.82 Å². The van der Waals surface area contributed by atoms with Crippen molar-refractivity contribution in [3.05, 3.63) is 59.5 Å². The van der Waals surface area contributed by atoms with Crippen LogP contribution in [0.15, 0.2) is 42.6 Å². The second kappa shape index (κ2) is 9.97. The summed E-state index contributed by atoms with van der Waals surface area (Å²) in [6.45, 7) is 1.06. The highest BCUT2D eigenvalue weighted by atomic mass is 19.1. The molecule has 5 N–H and O–H groups in total. The number of anilines is 1. The van der Waals surface area contributed by atoms with Crippen molar-refractivity contribution < 1.29 is 14.0 Å². The lowest BCUT2D eigenvalue weighted by Gasteiger charge is -2.25. The standard InChI is InChI=1S/C21H26FN5O2/c22-16-7-4-14(5-8-16)11-18(27-21(29)17-3-1-2-10-24-17)20(28)26-13-15-6-9-19(23)25-12-15/h4-9,12,17-18,24H,1-3,10-11,13H2,(H2,23,25)(H,26,28)(H,27,29)/t17-,18+/m0/s1. The molecule has 2 amide bonds. The van der Waals surface area contributed by atoms with Crippen molar-refractivity contribution in [1.29, 1.82) is 0 Å². The van der Waals surface area contributed by atoms with Gasteiger partial charge in [-0.25, -0.2) is 9.37 Å². The molecule has 1 aliphatic heterocycles. The second-order valence-electron chi connectivity index (χ2n) is 7.20. The molecular formula is C21H26FN5O2. The average molecular weight is 399 g/mol. The molecule has 2 atom stereocenters. The van der Waals surface area contributed by atoms with Crippen LogP contribution in [0.3, 0.4) is 0 Å². The van der Waals surface area contributed by atoms with E-state index >= 15 is 0 Å². The van der Waals surface area contributed by atoms with Gasteiger partial charge in [-0.15, -0.1) is 0 Å². The van der Waals surface area contributed by atoms with Crippen molar-refractivity contribution in [3.63, 3.8) is 0 Å². The molecule has 0 spiro atoms. The average Bonchev–Trinajstić information content (AvgIpc) is 2.74. The van der Waals surface area contributed by atoms with E-state index in [1.165, 1.54) is 12.1 Å². The SMILES string of the molecule is Nc1ccc(CNC(=O)[C@@H](Cc2ccc(F)cc2)NC(=O)[C@@H]2CCCCN2)cn1. The third kappa shape index (κ3) is 6.25. The highest BCUT2D eigenvalue weighted by Gasteiger charge is 2.26. The van der Waals surface area contributed by atoms with Crippen molar-refractivity contribution in [2.75, 3.05) is 12.3 Å². The zero-order valence-electron chi connectivity index (χ0n) is 16.2. The van der Waals surface area contributed by atoms with E-state index in [0.29, 0.717) is 5.82 Å². The number of halogens is 1. The molecule has 154 valence electrons. The van der Waals surface area contributed by atoms with E-state index in [0.717, 1.165) is 36.9 Å². The predicted octanol–water partition coefficient (Wildman–Crippen LogP) is 1.29. The number of hydrogen-bond donors (Lipinski definition) is 4. The van der Waals surface area contributed by atoms with Crippen molar-refractivity contribution in [2.24, 2.45) is 0 Å². The summed E-state index contributed by atoms with van der Waals surface area (Å²) in [4.78, 5) is 29.4. The summed E-state index contributed by atoms with van der Waals surface area (Å²) in [6, 6.07) is 8.29. The number of carbonyl (C=O) groups is 2. The number of carbonyl (C=O) groups excluding carboxylic acids is 2. The van der Waals surface area contributed by atoms with E-state index in [2.05, 4.69) is 20.9 Å². The van der Waals surface area contributed by atoms with Crippen LogP contribution in [0.2, 0.25) is 0 Å². The summed E-state index contributed by atoms with van der Waals surface area (Å²) < 4.78 is 13.2. The lowest BCUT2D eigenvalue weighted by Crippen LogP contribution is -2.54. The Labute approximate surface area is 169 Å². The van der Waals surface area contributed by atoms with Crippen LogP contribution in [0.25, 0.3) is 0 Å². The van der Waals surface area contributed by atoms with E-state index < -0.39 is 6.04 Å². The monoisotopic (exact) mass is 399 g/mol. The van der Waals surface area contributed by atoms with Crippen molar-refractivity contribution in [2.45, 2.75) is 44.3 Å². The van der Waals surface area contributed by atoms with Crippen LogP contribution in [0.5, 0.6) is 0 Å². The van der Waals surface area contributed by atoms with Gasteiger partial charge in [0.25, 0.3) is 0 Å². The van der Waals surface area contributed by atoms with Gasteiger partial charge in [0.1, 0.15) is 17.7 Å². The largest absolute Gasteiger partial charge is 0.384 e. The molecule has 0 aliphatic carbocycles. The van der Waals surface area contributed by atoms with Crippen molar-refractivity contribution in [3.8, 4) is 0 Å². The van der Waals surface area contributed by atoms with Gasteiger partial charge in [0.05, 0.1) is 6.04 Å². The molecule has 0 radical (unpaired) electrons. The Morgan fingerprint density at radius 2 is 1.93 bits per heavy atom. The molecule has 2 aromatic rings. The minimum Gasteiger partial charge on any atom is -0.384 e. The predicted molar refractivity (Wildman–Crippen MR) is 108 cm³/mol. The Balaban J connectivity index is 1.66. The second-order valence-corrected chi connectivity index (χ2v) is 7.20. The van der Waals surface area contributed by atoms with Crippen LogP contribution < -0.4 is 21.7 Å². The molecule has 1 aliphatic rings. The Hall–Kier alpha value is -3.00. The minimum atomic E-state index is -0.765. The van der Waals surface area contributed by atoms with Crippen LogP contribution in [-0.4, -0.2) is 35.4 Å². The van der Waals surface area contributed by atoms with Gasteiger partial charge >= 0.3 is 0 Å². The van der Waals surface area contributed by atoms with E-state index in [1.807, 2.05) is 0 Å².